The molecule has 0 amide bonds. The first-order valence-corrected chi connectivity index (χ1v) is 8.68. The maximum absolute atomic E-state index is 3.60. The molecule has 19 heavy (non-hydrogen) atoms. The quantitative estimate of drug-likeness (QED) is 0.638. The molecule has 2 nitrogen and oxygen atoms in total. The first-order chi connectivity index (χ1) is 9.22. The summed E-state index contributed by atoms with van der Waals surface area (Å²) in [5.41, 5.74) is 0.644. The van der Waals surface area contributed by atoms with Gasteiger partial charge in [0.2, 0.25) is 0 Å². The van der Waals surface area contributed by atoms with Crippen molar-refractivity contribution in [1.82, 2.24) is 10.2 Å². The molecule has 0 atom stereocenters. The Balaban J connectivity index is 1.41. The van der Waals surface area contributed by atoms with Crippen molar-refractivity contribution in [2.75, 3.05) is 26.2 Å². The minimum Gasteiger partial charge on any atom is -0.314 e. The van der Waals surface area contributed by atoms with Crippen LogP contribution < -0.4 is 5.32 Å². The van der Waals surface area contributed by atoms with Crippen molar-refractivity contribution in [3.05, 3.63) is 0 Å². The molecule has 0 aromatic rings. The van der Waals surface area contributed by atoms with Crippen LogP contribution in [-0.2, 0) is 0 Å². The summed E-state index contributed by atoms with van der Waals surface area (Å²) in [6.45, 7) is 10.1. The molecule has 0 spiro atoms. The number of rotatable bonds is 9. The molecule has 0 radical (unpaired) electrons. The van der Waals surface area contributed by atoms with E-state index in [0.717, 1.165) is 6.04 Å². The van der Waals surface area contributed by atoms with Gasteiger partial charge in [0.15, 0.2) is 0 Å². The predicted molar refractivity (Wildman–Crippen MR) is 83.6 cm³/mol. The highest BCUT2D eigenvalue weighted by Gasteiger charge is 2.27. The number of piperidine rings is 1. The standard InChI is InChI=1S/C17H34N2/c1-3-17(2)10-14-19(15-11-17)13-7-5-4-6-12-18-16-8-9-16/h16,18H,3-15H2,1-2H3. The van der Waals surface area contributed by atoms with Gasteiger partial charge in [-0.1, -0.05) is 33.1 Å². The zero-order chi connectivity index (χ0) is 13.6. The van der Waals surface area contributed by atoms with Crippen molar-refractivity contribution in [3.63, 3.8) is 0 Å². The van der Waals surface area contributed by atoms with E-state index in [-0.39, 0.29) is 0 Å². The molecule has 0 aromatic carbocycles. The summed E-state index contributed by atoms with van der Waals surface area (Å²) in [5.74, 6) is 0. The molecule has 1 aliphatic heterocycles. The maximum atomic E-state index is 3.60. The Morgan fingerprint density at radius 2 is 1.74 bits per heavy atom. The Hall–Kier alpha value is -0.0800. The normalized spacial score (nSPS) is 23.7. The fraction of sp³-hybridized carbons (Fsp3) is 1.00. The van der Waals surface area contributed by atoms with E-state index in [2.05, 4.69) is 24.1 Å². The van der Waals surface area contributed by atoms with Gasteiger partial charge in [-0.3, -0.25) is 0 Å². The molecule has 1 saturated heterocycles. The topological polar surface area (TPSA) is 15.3 Å². The van der Waals surface area contributed by atoms with Crippen LogP contribution in [0.2, 0.25) is 0 Å². The first-order valence-electron chi connectivity index (χ1n) is 8.68. The van der Waals surface area contributed by atoms with Crippen molar-refractivity contribution < 1.29 is 0 Å². The molecule has 112 valence electrons. The smallest absolute Gasteiger partial charge is 0.00682 e. The highest BCUT2D eigenvalue weighted by molar-refractivity contribution is 4.81. The average Bonchev–Trinajstić information content (AvgIpc) is 3.24. The highest BCUT2D eigenvalue weighted by Crippen LogP contribution is 2.33. The molecule has 2 heteroatoms. The summed E-state index contributed by atoms with van der Waals surface area (Å²) < 4.78 is 0. The monoisotopic (exact) mass is 266 g/mol. The van der Waals surface area contributed by atoms with E-state index in [1.54, 1.807) is 0 Å². The Bertz CT molecular complexity index is 240. The van der Waals surface area contributed by atoms with Gasteiger partial charge >= 0.3 is 0 Å². The van der Waals surface area contributed by atoms with Crippen LogP contribution >= 0.6 is 0 Å². The number of hydrogen-bond acceptors (Lipinski definition) is 2. The number of nitrogens with one attached hydrogen (secondary N) is 1. The molecule has 1 aliphatic carbocycles. The molecule has 2 aliphatic rings. The lowest BCUT2D eigenvalue weighted by molar-refractivity contribution is 0.113. The fourth-order valence-electron chi connectivity index (χ4n) is 3.08. The zero-order valence-electron chi connectivity index (χ0n) is 13.2. The van der Waals surface area contributed by atoms with Crippen LogP contribution in [0.1, 0.15) is 71.6 Å². The van der Waals surface area contributed by atoms with Gasteiger partial charge in [-0.05, 0) is 70.1 Å². The lowest BCUT2D eigenvalue weighted by atomic mass is 9.78. The molecule has 0 unspecified atom stereocenters. The van der Waals surface area contributed by atoms with Crippen molar-refractivity contribution >= 4 is 0 Å². The number of nitrogens with zero attached hydrogens (tertiary/aromatic N) is 1. The summed E-state index contributed by atoms with van der Waals surface area (Å²) in [6, 6.07) is 0.890. The van der Waals surface area contributed by atoms with Crippen molar-refractivity contribution in [1.29, 1.82) is 0 Å². The van der Waals surface area contributed by atoms with E-state index in [9.17, 15) is 0 Å². The van der Waals surface area contributed by atoms with E-state index >= 15 is 0 Å². The Morgan fingerprint density at radius 1 is 1.05 bits per heavy atom. The van der Waals surface area contributed by atoms with E-state index in [1.165, 1.54) is 84.0 Å². The van der Waals surface area contributed by atoms with Crippen LogP contribution in [0.4, 0.5) is 0 Å². The molecule has 2 fully saturated rings. The minimum atomic E-state index is 0.644. The van der Waals surface area contributed by atoms with Crippen LogP contribution in [0, 0.1) is 5.41 Å². The maximum Gasteiger partial charge on any atom is 0.00682 e. The molecule has 2 rings (SSSR count). The van der Waals surface area contributed by atoms with Gasteiger partial charge in [-0.25, -0.2) is 0 Å². The second-order valence-electron chi connectivity index (χ2n) is 7.15. The van der Waals surface area contributed by atoms with Crippen LogP contribution in [0.15, 0.2) is 0 Å². The molecular weight excluding hydrogens is 232 g/mol. The van der Waals surface area contributed by atoms with Crippen molar-refractivity contribution in [3.8, 4) is 0 Å². The van der Waals surface area contributed by atoms with Gasteiger partial charge in [0.1, 0.15) is 0 Å². The van der Waals surface area contributed by atoms with Crippen LogP contribution in [0.3, 0.4) is 0 Å². The predicted octanol–water partition coefficient (Wildman–Crippen LogP) is 3.81. The number of likely N-dealkylation sites (tertiary alicyclic amines) is 1. The van der Waals surface area contributed by atoms with Gasteiger partial charge in [0.25, 0.3) is 0 Å². The van der Waals surface area contributed by atoms with Gasteiger partial charge in [-0.2, -0.15) is 0 Å². The third-order valence-corrected chi connectivity index (χ3v) is 5.33. The Labute approximate surface area is 120 Å². The molecule has 0 bridgehead atoms. The second-order valence-corrected chi connectivity index (χ2v) is 7.15. The van der Waals surface area contributed by atoms with Crippen LogP contribution in [0.5, 0.6) is 0 Å². The Kier molecular flexibility index (Phi) is 6.15. The summed E-state index contributed by atoms with van der Waals surface area (Å²) >= 11 is 0. The van der Waals surface area contributed by atoms with Gasteiger partial charge in [0, 0.05) is 6.04 Å². The minimum absolute atomic E-state index is 0.644. The van der Waals surface area contributed by atoms with E-state index < -0.39 is 0 Å². The van der Waals surface area contributed by atoms with Gasteiger partial charge in [-0.15, -0.1) is 0 Å². The largest absolute Gasteiger partial charge is 0.314 e. The first kappa shape index (κ1) is 15.3. The number of hydrogen-bond donors (Lipinski definition) is 1. The van der Waals surface area contributed by atoms with Crippen molar-refractivity contribution in [2.24, 2.45) is 5.41 Å². The van der Waals surface area contributed by atoms with Crippen molar-refractivity contribution in [2.45, 2.75) is 77.7 Å². The fourth-order valence-corrected chi connectivity index (χ4v) is 3.08. The van der Waals surface area contributed by atoms with E-state index in [4.69, 9.17) is 0 Å². The lowest BCUT2D eigenvalue weighted by Gasteiger charge is -2.39. The van der Waals surface area contributed by atoms with E-state index in [1.807, 2.05) is 0 Å². The summed E-state index contributed by atoms with van der Waals surface area (Å²) in [7, 11) is 0. The molecule has 0 aromatic heterocycles. The third-order valence-electron chi connectivity index (χ3n) is 5.33. The zero-order valence-corrected chi connectivity index (χ0v) is 13.2. The lowest BCUT2D eigenvalue weighted by Crippen LogP contribution is -2.38. The average molecular weight is 266 g/mol. The molecule has 1 saturated carbocycles. The summed E-state index contributed by atoms with van der Waals surface area (Å²) in [6.07, 6.45) is 12.7. The molecular formula is C17H34N2. The molecule has 1 N–H and O–H groups in total. The molecule has 1 heterocycles. The summed E-state index contributed by atoms with van der Waals surface area (Å²) in [5, 5.41) is 3.60. The van der Waals surface area contributed by atoms with E-state index in [0.29, 0.717) is 5.41 Å². The van der Waals surface area contributed by atoms with Gasteiger partial charge < -0.3 is 10.2 Å². The highest BCUT2D eigenvalue weighted by atomic mass is 15.1. The van der Waals surface area contributed by atoms with Crippen LogP contribution in [0.25, 0.3) is 0 Å². The third kappa shape index (κ3) is 5.83. The van der Waals surface area contributed by atoms with Gasteiger partial charge in [0.05, 0.1) is 0 Å². The number of unbranched alkanes of at least 4 members (excludes halogenated alkanes) is 3. The summed E-state index contributed by atoms with van der Waals surface area (Å²) in [4.78, 5) is 2.69. The Morgan fingerprint density at radius 3 is 2.37 bits per heavy atom. The SMILES string of the molecule is CCC1(C)CCN(CCCCCCNC2CC2)CC1. The van der Waals surface area contributed by atoms with Crippen LogP contribution in [-0.4, -0.2) is 37.1 Å². The second kappa shape index (κ2) is 7.64.